The van der Waals surface area contributed by atoms with Gasteiger partial charge in [0.2, 0.25) is 5.91 Å². The molecule has 1 aromatic carbocycles. The molecule has 7 nitrogen and oxygen atoms in total. The number of piperidine rings is 1. The summed E-state index contributed by atoms with van der Waals surface area (Å²) in [5.41, 5.74) is 1.23. The first-order valence-corrected chi connectivity index (χ1v) is 12.6. The van der Waals surface area contributed by atoms with E-state index in [0.29, 0.717) is 22.0 Å². The van der Waals surface area contributed by atoms with Gasteiger partial charge in [-0.3, -0.25) is 14.2 Å². The van der Waals surface area contributed by atoms with Gasteiger partial charge in [-0.1, -0.05) is 36.1 Å². The fourth-order valence-corrected chi connectivity index (χ4v) is 5.49. The maximum Gasteiger partial charge on any atom is 0.273 e. The number of rotatable bonds is 7. The van der Waals surface area contributed by atoms with Crippen LogP contribution < -0.4 is 15.8 Å². The molecule has 170 valence electrons. The van der Waals surface area contributed by atoms with Crippen molar-refractivity contribution in [2.75, 3.05) is 29.1 Å². The van der Waals surface area contributed by atoms with Crippen LogP contribution in [0.4, 0.5) is 15.2 Å². The van der Waals surface area contributed by atoms with Crippen LogP contribution in [0.25, 0.3) is 10.3 Å². The van der Waals surface area contributed by atoms with Gasteiger partial charge in [0, 0.05) is 19.6 Å². The van der Waals surface area contributed by atoms with Crippen LogP contribution >= 0.6 is 23.1 Å². The smallest absolute Gasteiger partial charge is 0.273 e. The highest BCUT2D eigenvalue weighted by atomic mass is 32.2. The number of aryl methyl sites for hydroxylation is 1. The molecule has 0 atom stereocenters. The van der Waals surface area contributed by atoms with Crippen LogP contribution in [0.15, 0.2) is 28.2 Å². The Morgan fingerprint density at radius 1 is 1.25 bits per heavy atom. The number of carbonyl (C=O) groups excluding carboxylic acids is 1. The SMILES string of the molecule is CCCn1c(SCC(=O)Nc2ccc(C)cc2F)nc2nc(N3CCCCC3)sc2c1=O. The van der Waals surface area contributed by atoms with Gasteiger partial charge in [-0.05, 0) is 50.3 Å². The maximum absolute atomic E-state index is 14.0. The van der Waals surface area contributed by atoms with Crippen LogP contribution in [0.2, 0.25) is 0 Å². The van der Waals surface area contributed by atoms with E-state index >= 15 is 0 Å². The summed E-state index contributed by atoms with van der Waals surface area (Å²) < 4.78 is 16.2. The molecule has 1 aliphatic heterocycles. The van der Waals surface area contributed by atoms with E-state index in [9.17, 15) is 14.0 Å². The minimum atomic E-state index is -0.474. The van der Waals surface area contributed by atoms with E-state index < -0.39 is 5.82 Å². The molecule has 3 heterocycles. The van der Waals surface area contributed by atoms with E-state index in [4.69, 9.17) is 0 Å². The number of thioether (sulfide) groups is 1. The third-order valence-electron chi connectivity index (χ3n) is 5.27. The predicted molar refractivity (Wildman–Crippen MR) is 129 cm³/mol. The van der Waals surface area contributed by atoms with Gasteiger partial charge in [0.15, 0.2) is 15.9 Å². The van der Waals surface area contributed by atoms with Crippen LogP contribution in [0.5, 0.6) is 0 Å². The number of benzene rings is 1. The van der Waals surface area contributed by atoms with Gasteiger partial charge in [-0.25, -0.2) is 9.37 Å². The van der Waals surface area contributed by atoms with Gasteiger partial charge in [-0.15, -0.1) is 0 Å². The second-order valence-electron chi connectivity index (χ2n) is 7.87. The first kappa shape index (κ1) is 22.7. The minimum absolute atomic E-state index is 0.0120. The second kappa shape index (κ2) is 9.99. The van der Waals surface area contributed by atoms with E-state index in [0.717, 1.165) is 43.0 Å². The number of amides is 1. The molecule has 1 aliphatic rings. The van der Waals surface area contributed by atoms with Crippen LogP contribution in [0.3, 0.4) is 0 Å². The molecular weight excluding hydrogens is 449 g/mol. The van der Waals surface area contributed by atoms with E-state index in [1.165, 1.54) is 35.6 Å². The standard InChI is InChI=1S/C22H26FN5O2S2/c1-3-9-28-20(30)18-19(25-21(32-18)27-10-5-4-6-11-27)26-22(28)31-13-17(29)24-16-8-7-14(2)12-15(16)23/h7-8,12H,3-6,9-11,13H2,1-2H3,(H,24,29). The quantitative estimate of drug-likeness (QED) is 0.402. The summed E-state index contributed by atoms with van der Waals surface area (Å²) in [5, 5.41) is 3.88. The molecule has 3 aromatic rings. The highest BCUT2D eigenvalue weighted by Gasteiger charge is 2.20. The lowest BCUT2D eigenvalue weighted by Gasteiger charge is -2.25. The Morgan fingerprint density at radius 3 is 2.75 bits per heavy atom. The molecule has 32 heavy (non-hydrogen) atoms. The van der Waals surface area contributed by atoms with Crippen LogP contribution in [0.1, 0.15) is 38.2 Å². The minimum Gasteiger partial charge on any atom is -0.348 e. The molecule has 0 bridgehead atoms. The number of fused-ring (bicyclic) bond motifs is 1. The summed E-state index contributed by atoms with van der Waals surface area (Å²) in [4.78, 5) is 37.0. The van der Waals surface area contributed by atoms with Gasteiger partial charge in [0.25, 0.3) is 5.56 Å². The number of nitrogens with zero attached hydrogens (tertiary/aromatic N) is 4. The fraction of sp³-hybridized carbons (Fsp3) is 0.455. The van der Waals surface area contributed by atoms with Crippen LogP contribution in [-0.4, -0.2) is 39.3 Å². The summed E-state index contributed by atoms with van der Waals surface area (Å²) in [6, 6.07) is 4.66. The Bertz CT molecular complexity index is 1190. The molecule has 10 heteroatoms. The molecule has 1 fully saturated rings. The highest BCUT2D eigenvalue weighted by Crippen LogP contribution is 2.29. The van der Waals surface area contributed by atoms with Crippen molar-refractivity contribution in [3.63, 3.8) is 0 Å². The summed E-state index contributed by atoms with van der Waals surface area (Å²) in [6.07, 6.45) is 4.24. The van der Waals surface area contributed by atoms with Crippen molar-refractivity contribution in [1.29, 1.82) is 0 Å². The lowest BCUT2D eigenvalue weighted by atomic mass is 10.1. The summed E-state index contributed by atoms with van der Waals surface area (Å²) in [6.45, 7) is 6.17. The second-order valence-corrected chi connectivity index (χ2v) is 9.79. The number of carbonyl (C=O) groups is 1. The van der Waals surface area contributed by atoms with Crippen molar-refractivity contribution in [3.05, 3.63) is 39.9 Å². The van der Waals surface area contributed by atoms with Crippen molar-refractivity contribution in [2.45, 2.75) is 51.2 Å². The molecule has 0 saturated carbocycles. The molecule has 0 radical (unpaired) electrons. The zero-order chi connectivity index (χ0) is 22.7. The molecule has 0 spiro atoms. The zero-order valence-electron chi connectivity index (χ0n) is 18.2. The lowest BCUT2D eigenvalue weighted by molar-refractivity contribution is -0.113. The topological polar surface area (TPSA) is 80.1 Å². The maximum atomic E-state index is 14.0. The van der Waals surface area contributed by atoms with E-state index in [-0.39, 0.29) is 22.9 Å². The predicted octanol–water partition coefficient (Wildman–Crippen LogP) is 4.43. The number of aromatic nitrogens is 3. The molecule has 1 N–H and O–H groups in total. The average molecular weight is 476 g/mol. The van der Waals surface area contributed by atoms with E-state index in [1.807, 2.05) is 6.92 Å². The van der Waals surface area contributed by atoms with Gasteiger partial charge in [-0.2, -0.15) is 4.98 Å². The summed E-state index contributed by atoms with van der Waals surface area (Å²) in [5.74, 6) is -0.820. The summed E-state index contributed by atoms with van der Waals surface area (Å²) >= 11 is 2.56. The zero-order valence-corrected chi connectivity index (χ0v) is 19.8. The van der Waals surface area contributed by atoms with Crippen molar-refractivity contribution in [1.82, 2.24) is 14.5 Å². The molecule has 4 rings (SSSR count). The number of hydrogen-bond acceptors (Lipinski definition) is 7. The normalized spacial score (nSPS) is 14.2. The van der Waals surface area contributed by atoms with Gasteiger partial charge >= 0.3 is 0 Å². The number of anilines is 2. The molecular formula is C22H26FN5O2S2. The van der Waals surface area contributed by atoms with Crippen molar-refractivity contribution >= 4 is 50.2 Å². The first-order chi connectivity index (χ1) is 15.5. The molecule has 1 amide bonds. The van der Waals surface area contributed by atoms with Crippen LogP contribution in [0, 0.1) is 12.7 Å². The fourth-order valence-electron chi connectivity index (χ4n) is 3.67. The Balaban J connectivity index is 1.55. The van der Waals surface area contributed by atoms with Crippen molar-refractivity contribution in [3.8, 4) is 0 Å². The Hall–Kier alpha value is -2.46. The van der Waals surface area contributed by atoms with E-state index in [2.05, 4.69) is 20.2 Å². The third kappa shape index (κ3) is 4.96. The average Bonchev–Trinajstić information content (AvgIpc) is 3.22. The summed E-state index contributed by atoms with van der Waals surface area (Å²) in [7, 11) is 0. The third-order valence-corrected chi connectivity index (χ3v) is 7.34. The number of nitrogens with one attached hydrogen (secondary N) is 1. The molecule has 1 saturated heterocycles. The highest BCUT2D eigenvalue weighted by molar-refractivity contribution is 7.99. The number of halogens is 1. The van der Waals surface area contributed by atoms with Crippen LogP contribution in [-0.2, 0) is 11.3 Å². The monoisotopic (exact) mass is 475 g/mol. The Kier molecular flexibility index (Phi) is 7.10. The molecule has 0 aliphatic carbocycles. The Morgan fingerprint density at radius 2 is 2.03 bits per heavy atom. The largest absolute Gasteiger partial charge is 0.348 e. The van der Waals surface area contributed by atoms with Crippen molar-refractivity contribution in [2.24, 2.45) is 0 Å². The number of hydrogen-bond donors (Lipinski definition) is 1. The molecule has 0 unspecified atom stereocenters. The molecule has 2 aromatic heterocycles. The van der Waals surface area contributed by atoms with E-state index in [1.54, 1.807) is 23.6 Å². The Labute approximate surface area is 194 Å². The van der Waals surface area contributed by atoms with Gasteiger partial charge in [0.1, 0.15) is 10.5 Å². The first-order valence-electron chi connectivity index (χ1n) is 10.8. The number of thiazole rings is 1. The van der Waals surface area contributed by atoms with Crippen molar-refractivity contribution < 1.29 is 9.18 Å². The van der Waals surface area contributed by atoms with Gasteiger partial charge in [0.05, 0.1) is 11.4 Å². The van der Waals surface area contributed by atoms with Gasteiger partial charge < -0.3 is 10.2 Å². The lowest BCUT2D eigenvalue weighted by Crippen LogP contribution is -2.29.